The van der Waals surface area contributed by atoms with Crippen LogP contribution in [0.4, 0.5) is 10.2 Å². The number of benzene rings is 1. The highest BCUT2D eigenvalue weighted by atomic mass is 19.1. The fraction of sp³-hybridized carbons (Fsp3) is 0.286. The third kappa shape index (κ3) is 2.49. The quantitative estimate of drug-likeness (QED) is 0.868. The second kappa shape index (κ2) is 5.73. The number of nitrogens with zero attached hydrogens (tertiary/aromatic N) is 2. The van der Waals surface area contributed by atoms with E-state index in [0.29, 0.717) is 11.3 Å². The zero-order chi connectivity index (χ0) is 14.7. The maximum Gasteiger partial charge on any atom is 0.358 e. The minimum absolute atomic E-state index is 0.0299. The van der Waals surface area contributed by atoms with Crippen molar-refractivity contribution in [1.82, 2.24) is 9.78 Å². The van der Waals surface area contributed by atoms with Crippen molar-refractivity contribution in [2.75, 3.05) is 19.5 Å². The van der Waals surface area contributed by atoms with Crippen molar-refractivity contribution < 1.29 is 13.9 Å². The van der Waals surface area contributed by atoms with Gasteiger partial charge in [0.1, 0.15) is 5.82 Å². The van der Waals surface area contributed by atoms with Crippen LogP contribution in [0.5, 0.6) is 0 Å². The van der Waals surface area contributed by atoms with E-state index < -0.39 is 12.6 Å². The Labute approximate surface area is 116 Å². The Morgan fingerprint density at radius 3 is 2.60 bits per heavy atom. The van der Waals surface area contributed by atoms with Crippen LogP contribution in [0.2, 0.25) is 0 Å². The number of nitrogen functional groups attached to an aromatic ring is 1. The molecule has 0 bridgehead atoms. The number of halogens is 1. The van der Waals surface area contributed by atoms with Crippen LogP contribution in [0, 0.1) is 6.92 Å². The number of esters is 1. The molecular formula is C14H16FN3O2. The average molecular weight is 277 g/mol. The summed E-state index contributed by atoms with van der Waals surface area (Å²) in [6, 6.07) is 7.48. The van der Waals surface area contributed by atoms with Crippen molar-refractivity contribution in [3.05, 3.63) is 41.1 Å². The summed E-state index contributed by atoms with van der Waals surface area (Å²) in [4.78, 5) is 11.7. The second-order valence-corrected chi connectivity index (χ2v) is 4.39. The van der Waals surface area contributed by atoms with Gasteiger partial charge >= 0.3 is 5.97 Å². The third-order valence-corrected chi connectivity index (χ3v) is 3.02. The fourth-order valence-corrected chi connectivity index (χ4v) is 1.95. The van der Waals surface area contributed by atoms with Gasteiger partial charge < -0.3 is 10.5 Å². The van der Waals surface area contributed by atoms with E-state index in [9.17, 15) is 9.18 Å². The van der Waals surface area contributed by atoms with Crippen molar-refractivity contribution in [1.29, 1.82) is 0 Å². The lowest BCUT2D eigenvalue weighted by Crippen LogP contribution is -2.06. The lowest BCUT2D eigenvalue weighted by molar-refractivity contribution is 0.0592. The molecule has 0 saturated carbocycles. The number of anilines is 1. The molecule has 0 amide bonds. The number of aromatic nitrogens is 2. The van der Waals surface area contributed by atoms with Crippen molar-refractivity contribution in [2.24, 2.45) is 0 Å². The van der Waals surface area contributed by atoms with E-state index in [-0.39, 0.29) is 17.9 Å². The summed E-state index contributed by atoms with van der Waals surface area (Å²) in [5.74, 6) is -0.363. The van der Waals surface area contributed by atoms with Crippen LogP contribution in [-0.4, -0.2) is 29.5 Å². The van der Waals surface area contributed by atoms with Gasteiger partial charge in [0.25, 0.3) is 0 Å². The summed E-state index contributed by atoms with van der Waals surface area (Å²) >= 11 is 0. The number of nitrogens with two attached hydrogens (primary N) is 1. The number of hydrogen-bond acceptors (Lipinski definition) is 4. The molecule has 20 heavy (non-hydrogen) atoms. The first-order valence-corrected chi connectivity index (χ1v) is 6.17. The lowest BCUT2D eigenvalue weighted by Gasteiger charge is -2.04. The molecule has 1 aromatic carbocycles. The monoisotopic (exact) mass is 277 g/mol. The molecule has 106 valence electrons. The molecule has 1 heterocycles. The number of carbonyl (C=O) groups excluding carboxylic acids is 1. The first kappa shape index (κ1) is 14.0. The highest BCUT2D eigenvalue weighted by molar-refractivity contribution is 5.90. The Morgan fingerprint density at radius 1 is 1.40 bits per heavy atom. The standard InChI is InChI=1S/C14H16FN3O2/c1-9-3-5-10(6-4-9)18-13(16)11(7-8-15)12(17-18)14(19)20-2/h3-6H,7-8,16H2,1-2H3. The molecular weight excluding hydrogens is 261 g/mol. The van der Waals surface area contributed by atoms with E-state index in [4.69, 9.17) is 5.73 Å². The van der Waals surface area contributed by atoms with Gasteiger partial charge in [-0.3, -0.25) is 4.39 Å². The van der Waals surface area contributed by atoms with Gasteiger partial charge in [-0.2, -0.15) is 5.10 Å². The minimum Gasteiger partial charge on any atom is -0.464 e. The van der Waals surface area contributed by atoms with Crippen LogP contribution in [0.15, 0.2) is 24.3 Å². The van der Waals surface area contributed by atoms with Gasteiger partial charge in [0.15, 0.2) is 5.69 Å². The van der Waals surface area contributed by atoms with Crippen molar-refractivity contribution in [3.8, 4) is 5.69 Å². The molecule has 0 aliphatic rings. The summed E-state index contributed by atoms with van der Waals surface area (Å²) in [5, 5.41) is 4.15. The van der Waals surface area contributed by atoms with E-state index in [1.807, 2.05) is 31.2 Å². The summed E-state index contributed by atoms with van der Waals surface area (Å²) in [7, 11) is 1.25. The number of carbonyl (C=O) groups is 1. The molecule has 0 radical (unpaired) electrons. The van der Waals surface area contributed by atoms with Gasteiger partial charge in [-0.25, -0.2) is 9.48 Å². The van der Waals surface area contributed by atoms with Gasteiger partial charge in [0.05, 0.1) is 19.5 Å². The number of alkyl halides is 1. The van der Waals surface area contributed by atoms with Gasteiger partial charge in [-0.15, -0.1) is 0 Å². The third-order valence-electron chi connectivity index (χ3n) is 3.02. The van der Waals surface area contributed by atoms with E-state index in [1.54, 1.807) is 0 Å². The fourth-order valence-electron chi connectivity index (χ4n) is 1.95. The molecule has 0 unspecified atom stereocenters. The van der Waals surface area contributed by atoms with E-state index in [2.05, 4.69) is 9.84 Å². The first-order valence-electron chi connectivity index (χ1n) is 6.17. The van der Waals surface area contributed by atoms with E-state index >= 15 is 0 Å². The Kier molecular flexibility index (Phi) is 4.02. The number of methoxy groups -OCH3 is 1. The number of ether oxygens (including phenoxy) is 1. The van der Waals surface area contributed by atoms with Crippen LogP contribution in [0.1, 0.15) is 21.6 Å². The maximum atomic E-state index is 12.6. The van der Waals surface area contributed by atoms with Crippen LogP contribution in [0.25, 0.3) is 5.69 Å². The Bertz CT molecular complexity index is 620. The van der Waals surface area contributed by atoms with Crippen molar-refractivity contribution in [3.63, 3.8) is 0 Å². The predicted octanol–water partition coefficient (Wildman–Crippen LogP) is 2.06. The zero-order valence-electron chi connectivity index (χ0n) is 11.4. The van der Waals surface area contributed by atoms with Crippen molar-refractivity contribution in [2.45, 2.75) is 13.3 Å². The Balaban J connectivity index is 2.54. The highest BCUT2D eigenvalue weighted by Gasteiger charge is 2.22. The van der Waals surface area contributed by atoms with Gasteiger partial charge in [0, 0.05) is 12.0 Å². The summed E-state index contributed by atoms with van der Waals surface area (Å²) < 4.78 is 18.7. The molecule has 0 atom stereocenters. The van der Waals surface area contributed by atoms with Gasteiger partial charge in [0.2, 0.25) is 0 Å². The highest BCUT2D eigenvalue weighted by Crippen LogP contribution is 2.22. The molecule has 0 aliphatic heterocycles. The molecule has 2 aromatic rings. The largest absolute Gasteiger partial charge is 0.464 e. The molecule has 6 heteroatoms. The molecule has 0 fully saturated rings. The van der Waals surface area contributed by atoms with Crippen LogP contribution in [-0.2, 0) is 11.2 Å². The topological polar surface area (TPSA) is 70.1 Å². The molecule has 0 aliphatic carbocycles. The Hall–Kier alpha value is -2.37. The Morgan fingerprint density at radius 2 is 2.05 bits per heavy atom. The molecule has 0 spiro atoms. The van der Waals surface area contributed by atoms with E-state index in [1.165, 1.54) is 11.8 Å². The predicted molar refractivity (Wildman–Crippen MR) is 73.7 cm³/mol. The molecule has 5 nitrogen and oxygen atoms in total. The first-order chi connectivity index (χ1) is 9.58. The molecule has 2 rings (SSSR count). The van der Waals surface area contributed by atoms with E-state index in [0.717, 1.165) is 5.56 Å². The van der Waals surface area contributed by atoms with Gasteiger partial charge in [-0.05, 0) is 19.1 Å². The second-order valence-electron chi connectivity index (χ2n) is 4.39. The summed E-state index contributed by atoms with van der Waals surface area (Å²) in [6.45, 7) is 1.35. The van der Waals surface area contributed by atoms with Crippen LogP contribution >= 0.6 is 0 Å². The van der Waals surface area contributed by atoms with Crippen LogP contribution < -0.4 is 5.73 Å². The average Bonchev–Trinajstić information content (AvgIpc) is 2.77. The zero-order valence-corrected chi connectivity index (χ0v) is 11.4. The normalized spacial score (nSPS) is 10.6. The number of rotatable bonds is 4. The SMILES string of the molecule is COC(=O)c1nn(-c2ccc(C)cc2)c(N)c1CCF. The molecule has 1 aromatic heterocycles. The molecule has 0 saturated heterocycles. The van der Waals surface area contributed by atoms with Crippen molar-refractivity contribution >= 4 is 11.8 Å². The van der Waals surface area contributed by atoms with Gasteiger partial charge in [-0.1, -0.05) is 17.7 Å². The number of hydrogen-bond donors (Lipinski definition) is 1. The minimum atomic E-state index is -0.619. The summed E-state index contributed by atoms with van der Waals surface area (Å²) in [5.41, 5.74) is 8.22. The number of aryl methyl sites for hydroxylation is 1. The summed E-state index contributed by atoms with van der Waals surface area (Å²) in [6.07, 6.45) is 0.0299. The maximum absolute atomic E-state index is 12.6. The smallest absolute Gasteiger partial charge is 0.358 e. The lowest BCUT2D eigenvalue weighted by atomic mass is 10.1. The van der Waals surface area contributed by atoms with Crippen LogP contribution in [0.3, 0.4) is 0 Å². The molecule has 2 N–H and O–H groups in total.